The van der Waals surface area contributed by atoms with Crippen molar-refractivity contribution in [3.8, 4) is 0 Å². The average molecular weight is 201 g/mol. The summed E-state index contributed by atoms with van der Waals surface area (Å²) in [6, 6.07) is -0.148. The van der Waals surface area contributed by atoms with Crippen LogP contribution in [-0.4, -0.2) is 29.5 Å². The van der Waals surface area contributed by atoms with Crippen LogP contribution in [0.1, 0.15) is 40.0 Å². The van der Waals surface area contributed by atoms with E-state index in [4.69, 9.17) is 10.5 Å². The predicted molar refractivity (Wildman–Crippen MR) is 57.0 cm³/mol. The largest absolute Gasteiger partial charge is 0.389 e. The van der Waals surface area contributed by atoms with Gasteiger partial charge in [0.2, 0.25) is 0 Å². The number of hydrogen-bond donors (Lipinski definition) is 2. The van der Waals surface area contributed by atoms with E-state index in [1.807, 2.05) is 6.92 Å². The molecular formula is C11H23NO2. The lowest BCUT2D eigenvalue weighted by molar-refractivity contribution is -0.0405. The van der Waals surface area contributed by atoms with Crippen LogP contribution in [0.3, 0.4) is 0 Å². The van der Waals surface area contributed by atoms with Gasteiger partial charge in [-0.1, -0.05) is 13.8 Å². The maximum absolute atomic E-state index is 9.93. The van der Waals surface area contributed by atoms with Crippen LogP contribution in [0.5, 0.6) is 0 Å². The summed E-state index contributed by atoms with van der Waals surface area (Å²) in [4.78, 5) is 0. The van der Waals surface area contributed by atoms with Gasteiger partial charge in [-0.15, -0.1) is 0 Å². The van der Waals surface area contributed by atoms with Gasteiger partial charge in [0.1, 0.15) is 0 Å². The molecule has 0 aromatic rings. The van der Waals surface area contributed by atoms with Crippen LogP contribution in [0.15, 0.2) is 0 Å². The van der Waals surface area contributed by atoms with Crippen LogP contribution in [0.4, 0.5) is 0 Å². The van der Waals surface area contributed by atoms with Gasteiger partial charge in [0.05, 0.1) is 18.3 Å². The number of rotatable bonds is 4. The van der Waals surface area contributed by atoms with Gasteiger partial charge < -0.3 is 15.6 Å². The zero-order valence-corrected chi connectivity index (χ0v) is 9.44. The smallest absolute Gasteiger partial charge is 0.0952 e. The first-order valence-corrected chi connectivity index (χ1v) is 5.59. The van der Waals surface area contributed by atoms with Crippen LogP contribution in [0.25, 0.3) is 0 Å². The van der Waals surface area contributed by atoms with Gasteiger partial charge >= 0.3 is 0 Å². The number of hydrogen-bond acceptors (Lipinski definition) is 3. The molecule has 3 heteroatoms. The lowest BCUT2D eigenvalue weighted by atomic mass is 9.96. The summed E-state index contributed by atoms with van der Waals surface area (Å²) in [7, 11) is 0. The lowest BCUT2D eigenvalue weighted by Gasteiger charge is -2.25. The fraction of sp³-hybridized carbons (Fsp3) is 1.00. The van der Waals surface area contributed by atoms with Crippen LogP contribution in [0, 0.1) is 5.92 Å². The summed E-state index contributed by atoms with van der Waals surface area (Å²) >= 11 is 0. The van der Waals surface area contributed by atoms with Crippen LogP contribution in [-0.2, 0) is 4.74 Å². The monoisotopic (exact) mass is 201 g/mol. The molecule has 4 unspecified atom stereocenters. The van der Waals surface area contributed by atoms with Crippen molar-refractivity contribution in [1.29, 1.82) is 0 Å². The second kappa shape index (κ2) is 5.10. The van der Waals surface area contributed by atoms with Gasteiger partial charge in [0.25, 0.3) is 0 Å². The minimum absolute atomic E-state index is 0.0428. The molecule has 84 valence electrons. The second-order valence-electron chi connectivity index (χ2n) is 4.85. The molecule has 3 nitrogen and oxygen atoms in total. The molecule has 0 aromatic carbocycles. The molecular weight excluding hydrogens is 178 g/mol. The number of aliphatic hydroxyl groups is 1. The predicted octanol–water partition coefficient (Wildman–Crippen LogP) is 1.29. The highest BCUT2D eigenvalue weighted by Gasteiger charge is 2.31. The standard InChI is InChI=1S/C11H23NO2/c1-7(2)6-9(12)11(13)10-5-4-8(3)14-10/h7-11,13H,4-6,12H2,1-3H3. The zero-order chi connectivity index (χ0) is 10.7. The number of nitrogens with two attached hydrogens (primary N) is 1. The molecule has 0 aliphatic carbocycles. The molecule has 0 aromatic heterocycles. The van der Waals surface area contributed by atoms with E-state index < -0.39 is 6.10 Å². The summed E-state index contributed by atoms with van der Waals surface area (Å²) in [5, 5.41) is 9.93. The van der Waals surface area contributed by atoms with E-state index in [9.17, 15) is 5.11 Å². The van der Waals surface area contributed by atoms with E-state index in [1.165, 1.54) is 0 Å². The highest BCUT2D eigenvalue weighted by molar-refractivity contribution is 4.84. The molecule has 1 saturated heterocycles. The Morgan fingerprint density at radius 3 is 2.50 bits per heavy atom. The molecule has 1 fully saturated rings. The van der Waals surface area contributed by atoms with E-state index in [0.29, 0.717) is 5.92 Å². The van der Waals surface area contributed by atoms with Crippen molar-refractivity contribution < 1.29 is 9.84 Å². The van der Waals surface area contributed by atoms with E-state index in [0.717, 1.165) is 19.3 Å². The molecule has 0 spiro atoms. The molecule has 1 rings (SSSR count). The van der Waals surface area contributed by atoms with Gasteiger partial charge in [0, 0.05) is 6.04 Å². The molecule has 0 radical (unpaired) electrons. The maximum atomic E-state index is 9.93. The third-order valence-corrected chi connectivity index (χ3v) is 2.83. The van der Waals surface area contributed by atoms with Crippen molar-refractivity contribution in [2.24, 2.45) is 11.7 Å². The molecule has 0 saturated carbocycles. The van der Waals surface area contributed by atoms with Crippen LogP contribution >= 0.6 is 0 Å². The van der Waals surface area contributed by atoms with Gasteiger partial charge in [-0.2, -0.15) is 0 Å². The van der Waals surface area contributed by atoms with Crippen LogP contribution in [0.2, 0.25) is 0 Å². The highest BCUT2D eigenvalue weighted by atomic mass is 16.5. The van der Waals surface area contributed by atoms with E-state index in [-0.39, 0.29) is 18.2 Å². The third kappa shape index (κ3) is 3.23. The normalized spacial score (nSPS) is 32.1. The molecule has 0 bridgehead atoms. The minimum Gasteiger partial charge on any atom is -0.389 e. The molecule has 3 N–H and O–H groups in total. The van der Waals surface area contributed by atoms with E-state index in [2.05, 4.69) is 13.8 Å². The van der Waals surface area contributed by atoms with Crippen molar-refractivity contribution in [2.75, 3.05) is 0 Å². The Morgan fingerprint density at radius 1 is 1.43 bits per heavy atom. The fourth-order valence-electron chi connectivity index (χ4n) is 2.04. The molecule has 1 aliphatic heterocycles. The Labute approximate surface area is 86.6 Å². The van der Waals surface area contributed by atoms with Gasteiger partial charge in [-0.3, -0.25) is 0 Å². The first-order valence-electron chi connectivity index (χ1n) is 5.59. The summed E-state index contributed by atoms with van der Waals surface area (Å²) < 4.78 is 5.60. The first-order chi connectivity index (χ1) is 6.50. The summed E-state index contributed by atoms with van der Waals surface area (Å²) in [6.07, 6.45) is 2.57. The van der Waals surface area contributed by atoms with Gasteiger partial charge in [0.15, 0.2) is 0 Å². The van der Waals surface area contributed by atoms with Crippen molar-refractivity contribution in [2.45, 2.75) is 64.4 Å². The molecule has 14 heavy (non-hydrogen) atoms. The maximum Gasteiger partial charge on any atom is 0.0952 e. The topological polar surface area (TPSA) is 55.5 Å². The van der Waals surface area contributed by atoms with Crippen molar-refractivity contribution >= 4 is 0 Å². The zero-order valence-electron chi connectivity index (χ0n) is 9.44. The Balaban J connectivity index is 2.36. The second-order valence-corrected chi connectivity index (χ2v) is 4.85. The van der Waals surface area contributed by atoms with E-state index in [1.54, 1.807) is 0 Å². The Bertz CT molecular complexity index is 173. The molecule has 0 amide bonds. The first kappa shape index (κ1) is 12.0. The summed E-state index contributed by atoms with van der Waals surface area (Å²) in [5.74, 6) is 0.526. The molecule has 1 heterocycles. The Morgan fingerprint density at radius 2 is 2.07 bits per heavy atom. The molecule has 1 aliphatic rings. The summed E-state index contributed by atoms with van der Waals surface area (Å²) in [6.45, 7) is 6.27. The van der Waals surface area contributed by atoms with Crippen molar-refractivity contribution in [3.63, 3.8) is 0 Å². The SMILES string of the molecule is CC(C)CC(N)C(O)C1CCC(C)O1. The number of ether oxygens (including phenoxy) is 1. The average Bonchev–Trinajstić information content (AvgIpc) is 2.49. The van der Waals surface area contributed by atoms with Crippen molar-refractivity contribution in [3.05, 3.63) is 0 Å². The van der Waals surface area contributed by atoms with Gasteiger partial charge in [-0.05, 0) is 32.1 Å². The Hall–Kier alpha value is -0.120. The summed E-state index contributed by atoms with van der Waals surface area (Å²) in [5.41, 5.74) is 5.91. The quantitative estimate of drug-likeness (QED) is 0.720. The lowest BCUT2D eigenvalue weighted by Crippen LogP contribution is -2.43. The fourth-order valence-corrected chi connectivity index (χ4v) is 2.04. The van der Waals surface area contributed by atoms with Gasteiger partial charge in [-0.25, -0.2) is 0 Å². The number of aliphatic hydroxyl groups excluding tert-OH is 1. The Kier molecular flexibility index (Phi) is 4.35. The third-order valence-electron chi connectivity index (χ3n) is 2.83. The van der Waals surface area contributed by atoms with E-state index >= 15 is 0 Å². The minimum atomic E-state index is -0.498. The van der Waals surface area contributed by atoms with Crippen LogP contribution < -0.4 is 5.73 Å². The van der Waals surface area contributed by atoms with Crippen molar-refractivity contribution in [1.82, 2.24) is 0 Å². The highest BCUT2D eigenvalue weighted by Crippen LogP contribution is 2.24. The molecule has 4 atom stereocenters.